The van der Waals surface area contributed by atoms with E-state index in [1.54, 1.807) is 44.2 Å². The van der Waals surface area contributed by atoms with Crippen molar-refractivity contribution >= 4 is 39.1 Å². The SMILES string of the molecule is CNC(=O)C(C)N(Cc1ccccc1C)C(=O)CN(c1cccc(Cl)c1C)S(=O)(=O)c1ccc(C)cc1. The fourth-order valence-electron chi connectivity index (χ4n) is 3.98. The fraction of sp³-hybridized carbons (Fsp3) is 0.286. The standard InChI is InChI=1S/C28H32ClN3O4S/c1-19-13-15-24(16-14-19)37(35,36)32(26-12-8-11-25(29)21(26)3)18-27(33)31(22(4)28(34)30-5)17-23-10-7-6-9-20(23)2/h6-16,22H,17-18H2,1-5H3,(H,30,34). The van der Waals surface area contributed by atoms with Crippen LogP contribution in [0.25, 0.3) is 0 Å². The molecule has 0 saturated carbocycles. The largest absolute Gasteiger partial charge is 0.357 e. The van der Waals surface area contributed by atoms with Crippen molar-refractivity contribution in [1.82, 2.24) is 10.2 Å². The van der Waals surface area contributed by atoms with Crippen molar-refractivity contribution in [3.8, 4) is 0 Å². The van der Waals surface area contributed by atoms with Crippen molar-refractivity contribution in [2.75, 3.05) is 17.9 Å². The Morgan fingerprint density at radius 2 is 1.59 bits per heavy atom. The summed E-state index contributed by atoms with van der Waals surface area (Å²) in [7, 11) is -2.65. The first-order chi connectivity index (χ1) is 17.5. The third-order valence-electron chi connectivity index (χ3n) is 6.41. The van der Waals surface area contributed by atoms with Gasteiger partial charge >= 0.3 is 0 Å². The van der Waals surface area contributed by atoms with Crippen molar-refractivity contribution in [2.24, 2.45) is 0 Å². The minimum Gasteiger partial charge on any atom is -0.357 e. The van der Waals surface area contributed by atoms with Crippen molar-refractivity contribution < 1.29 is 18.0 Å². The molecule has 0 aliphatic heterocycles. The van der Waals surface area contributed by atoms with Gasteiger partial charge in [0.25, 0.3) is 10.0 Å². The van der Waals surface area contributed by atoms with Crippen LogP contribution in [0.3, 0.4) is 0 Å². The maximum Gasteiger partial charge on any atom is 0.264 e. The van der Waals surface area contributed by atoms with Crippen LogP contribution >= 0.6 is 11.6 Å². The minimum absolute atomic E-state index is 0.0510. The molecule has 3 rings (SSSR count). The van der Waals surface area contributed by atoms with Crippen LogP contribution < -0.4 is 9.62 Å². The molecule has 1 N–H and O–H groups in total. The smallest absolute Gasteiger partial charge is 0.264 e. The number of carbonyl (C=O) groups excluding carboxylic acids is 2. The highest BCUT2D eigenvalue weighted by atomic mass is 35.5. The number of anilines is 1. The van der Waals surface area contributed by atoms with Crippen LogP contribution in [0.15, 0.2) is 71.6 Å². The van der Waals surface area contributed by atoms with Crippen molar-refractivity contribution in [2.45, 2.75) is 45.2 Å². The number of nitrogens with one attached hydrogen (secondary N) is 1. The highest BCUT2D eigenvalue weighted by molar-refractivity contribution is 7.92. The molecule has 0 fully saturated rings. The molecule has 7 nitrogen and oxygen atoms in total. The first-order valence-electron chi connectivity index (χ1n) is 11.9. The molecule has 0 aromatic heterocycles. The van der Waals surface area contributed by atoms with Gasteiger partial charge in [-0.3, -0.25) is 13.9 Å². The summed E-state index contributed by atoms with van der Waals surface area (Å²) in [5.74, 6) is -0.872. The molecule has 0 heterocycles. The van der Waals surface area contributed by atoms with Gasteiger partial charge in [-0.25, -0.2) is 8.42 Å². The molecule has 1 atom stereocenters. The van der Waals surface area contributed by atoms with Gasteiger partial charge in [0, 0.05) is 18.6 Å². The van der Waals surface area contributed by atoms with Gasteiger partial charge < -0.3 is 10.2 Å². The molecule has 0 spiro atoms. The van der Waals surface area contributed by atoms with Crippen LogP contribution in [-0.2, 0) is 26.2 Å². The highest BCUT2D eigenvalue weighted by Gasteiger charge is 2.33. The number of benzene rings is 3. The molecule has 0 aliphatic carbocycles. The van der Waals surface area contributed by atoms with E-state index in [2.05, 4.69) is 5.32 Å². The van der Waals surface area contributed by atoms with Crippen LogP contribution in [0.5, 0.6) is 0 Å². The Kier molecular flexibility index (Phi) is 8.99. The molecule has 3 aromatic rings. The Labute approximate surface area is 224 Å². The van der Waals surface area contributed by atoms with E-state index in [1.807, 2.05) is 38.1 Å². The summed E-state index contributed by atoms with van der Waals surface area (Å²) in [6.45, 7) is 6.75. The van der Waals surface area contributed by atoms with E-state index in [4.69, 9.17) is 11.6 Å². The molecule has 196 valence electrons. The zero-order valence-corrected chi connectivity index (χ0v) is 23.2. The molecule has 3 aromatic carbocycles. The van der Waals surface area contributed by atoms with Gasteiger partial charge in [0.05, 0.1) is 10.6 Å². The minimum atomic E-state index is -4.14. The van der Waals surface area contributed by atoms with Crippen LogP contribution in [0.2, 0.25) is 5.02 Å². The van der Waals surface area contributed by atoms with Crippen molar-refractivity contribution in [3.05, 3.63) is 94.0 Å². The number of aryl methyl sites for hydroxylation is 2. The first kappa shape index (κ1) is 28.2. The Bertz CT molecular complexity index is 1390. The lowest BCUT2D eigenvalue weighted by atomic mass is 10.1. The van der Waals surface area contributed by atoms with Crippen molar-refractivity contribution in [1.29, 1.82) is 0 Å². The lowest BCUT2D eigenvalue weighted by molar-refractivity contribution is -0.139. The van der Waals surface area contributed by atoms with Crippen LogP contribution in [0, 0.1) is 20.8 Å². The summed E-state index contributed by atoms with van der Waals surface area (Å²) in [5.41, 5.74) is 3.55. The number of likely N-dealkylation sites (N-methyl/N-ethyl adjacent to an activating group) is 1. The summed E-state index contributed by atoms with van der Waals surface area (Å²) < 4.78 is 28.8. The summed E-state index contributed by atoms with van der Waals surface area (Å²) in [5, 5.41) is 2.96. The zero-order valence-electron chi connectivity index (χ0n) is 21.7. The monoisotopic (exact) mass is 541 g/mol. The predicted molar refractivity (Wildman–Crippen MR) is 147 cm³/mol. The van der Waals surface area contributed by atoms with Gasteiger partial charge in [-0.2, -0.15) is 0 Å². The molecule has 1 unspecified atom stereocenters. The quantitative estimate of drug-likeness (QED) is 0.428. The molecule has 0 bridgehead atoms. The number of rotatable bonds is 9. The topological polar surface area (TPSA) is 86.8 Å². The van der Waals surface area contributed by atoms with Gasteiger partial charge in [-0.05, 0) is 68.7 Å². The van der Waals surface area contributed by atoms with E-state index < -0.39 is 28.5 Å². The summed E-state index contributed by atoms with van der Waals surface area (Å²) >= 11 is 6.34. The Morgan fingerprint density at radius 3 is 2.22 bits per heavy atom. The molecule has 0 radical (unpaired) electrons. The van der Waals surface area contributed by atoms with Gasteiger partial charge in [0.1, 0.15) is 12.6 Å². The Balaban J connectivity index is 2.09. The van der Waals surface area contributed by atoms with E-state index in [0.29, 0.717) is 16.3 Å². The van der Waals surface area contributed by atoms with Gasteiger partial charge in [-0.15, -0.1) is 0 Å². The van der Waals surface area contributed by atoms with Gasteiger partial charge in [0.2, 0.25) is 11.8 Å². The Morgan fingerprint density at radius 1 is 0.946 bits per heavy atom. The molecule has 37 heavy (non-hydrogen) atoms. The van der Waals surface area contributed by atoms with Gasteiger partial charge in [0.15, 0.2) is 0 Å². The fourth-order valence-corrected chi connectivity index (χ4v) is 5.62. The third-order valence-corrected chi connectivity index (χ3v) is 8.59. The third kappa shape index (κ3) is 6.32. The summed E-state index contributed by atoms with van der Waals surface area (Å²) in [4.78, 5) is 27.9. The van der Waals surface area contributed by atoms with E-state index in [-0.39, 0.29) is 17.3 Å². The van der Waals surface area contributed by atoms with E-state index >= 15 is 0 Å². The number of amides is 2. The number of hydrogen-bond donors (Lipinski definition) is 1. The number of hydrogen-bond acceptors (Lipinski definition) is 4. The number of carbonyl (C=O) groups is 2. The molecule has 9 heteroatoms. The molecular weight excluding hydrogens is 510 g/mol. The maximum absolute atomic E-state index is 13.9. The molecule has 0 saturated heterocycles. The lowest BCUT2D eigenvalue weighted by Gasteiger charge is -2.32. The molecular formula is C28H32ClN3O4S. The predicted octanol–water partition coefficient (Wildman–Crippen LogP) is 4.62. The lowest BCUT2D eigenvalue weighted by Crippen LogP contribution is -2.50. The van der Waals surface area contributed by atoms with E-state index in [0.717, 1.165) is 21.0 Å². The number of sulfonamides is 1. The summed E-state index contributed by atoms with van der Waals surface area (Å²) in [6, 6.07) is 18.1. The second-order valence-electron chi connectivity index (χ2n) is 8.95. The number of halogens is 1. The zero-order chi connectivity index (χ0) is 27.3. The maximum atomic E-state index is 13.9. The molecule has 2 amide bonds. The molecule has 0 aliphatic rings. The van der Waals surface area contributed by atoms with Crippen molar-refractivity contribution in [3.63, 3.8) is 0 Å². The normalized spacial score (nSPS) is 12.1. The second-order valence-corrected chi connectivity index (χ2v) is 11.2. The Hall–Kier alpha value is -3.36. The van der Waals surface area contributed by atoms with E-state index in [9.17, 15) is 18.0 Å². The first-order valence-corrected chi connectivity index (χ1v) is 13.7. The van der Waals surface area contributed by atoms with Crippen LogP contribution in [-0.4, -0.2) is 44.8 Å². The van der Waals surface area contributed by atoms with E-state index in [1.165, 1.54) is 24.1 Å². The average Bonchev–Trinajstić information content (AvgIpc) is 2.87. The second kappa shape index (κ2) is 11.8. The summed E-state index contributed by atoms with van der Waals surface area (Å²) in [6.07, 6.45) is 0. The highest BCUT2D eigenvalue weighted by Crippen LogP contribution is 2.31. The number of nitrogens with zero attached hydrogens (tertiary/aromatic N) is 2. The van der Waals surface area contributed by atoms with Crippen LogP contribution in [0.1, 0.15) is 29.2 Å². The van der Waals surface area contributed by atoms with Gasteiger partial charge in [-0.1, -0.05) is 59.6 Å². The van der Waals surface area contributed by atoms with Crippen LogP contribution in [0.4, 0.5) is 5.69 Å². The average molecular weight is 542 g/mol.